The molecule has 6 nitrogen and oxygen atoms in total. The third kappa shape index (κ3) is 3.66. The summed E-state index contributed by atoms with van der Waals surface area (Å²) in [7, 11) is -3.06. The Morgan fingerprint density at radius 3 is 2.60 bits per heavy atom. The molecule has 25 heavy (non-hydrogen) atoms. The van der Waals surface area contributed by atoms with Gasteiger partial charge in [0.25, 0.3) is 5.91 Å². The van der Waals surface area contributed by atoms with Gasteiger partial charge in [0.1, 0.15) is 0 Å². The van der Waals surface area contributed by atoms with E-state index < -0.39 is 9.84 Å². The van der Waals surface area contributed by atoms with Crippen molar-refractivity contribution in [2.45, 2.75) is 19.4 Å². The Morgan fingerprint density at radius 2 is 2.08 bits per heavy atom. The molecule has 0 radical (unpaired) electrons. The van der Waals surface area contributed by atoms with Crippen molar-refractivity contribution in [2.75, 3.05) is 18.1 Å². The summed E-state index contributed by atoms with van der Waals surface area (Å²) in [6.07, 6.45) is 3.83. The molecule has 132 valence electrons. The van der Waals surface area contributed by atoms with Crippen molar-refractivity contribution in [3.63, 3.8) is 0 Å². The molecule has 7 heteroatoms. The zero-order chi connectivity index (χ0) is 18.0. The van der Waals surface area contributed by atoms with E-state index in [1.807, 2.05) is 25.1 Å². The van der Waals surface area contributed by atoms with Gasteiger partial charge in [-0.1, -0.05) is 6.08 Å². The van der Waals surface area contributed by atoms with Gasteiger partial charge in [-0.15, -0.1) is 6.58 Å². The fourth-order valence-corrected chi connectivity index (χ4v) is 4.84. The van der Waals surface area contributed by atoms with E-state index in [1.165, 1.54) is 0 Å². The first-order valence-corrected chi connectivity index (χ1v) is 9.97. The maximum Gasteiger partial charge on any atom is 0.254 e. The summed E-state index contributed by atoms with van der Waals surface area (Å²) < 4.78 is 25.3. The molecule has 1 aromatic heterocycles. The molecule has 1 aliphatic heterocycles. The zero-order valence-electron chi connectivity index (χ0n) is 14.1. The van der Waals surface area contributed by atoms with Crippen LogP contribution in [0.2, 0.25) is 0 Å². The van der Waals surface area contributed by atoms with Crippen molar-refractivity contribution >= 4 is 15.7 Å². The molecule has 0 spiro atoms. The average Bonchev–Trinajstić information content (AvgIpc) is 3.17. The Hall–Kier alpha value is -2.41. The fourth-order valence-electron chi connectivity index (χ4n) is 3.11. The van der Waals surface area contributed by atoms with Crippen molar-refractivity contribution in [2.24, 2.45) is 0 Å². The summed E-state index contributed by atoms with van der Waals surface area (Å²) >= 11 is 0. The molecule has 1 aromatic carbocycles. The highest BCUT2D eigenvalue weighted by atomic mass is 32.2. The Morgan fingerprint density at radius 1 is 1.36 bits per heavy atom. The van der Waals surface area contributed by atoms with Crippen molar-refractivity contribution in [1.82, 2.24) is 14.7 Å². The number of amides is 1. The molecule has 1 fully saturated rings. The monoisotopic (exact) mass is 359 g/mol. The Kier molecular flexibility index (Phi) is 4.76. The first-order valence-electron chi connectivity index (χ1n) is 8.14. The number of aromatic nitrogens is 2. The molecule has 1 aliphatic rings. The van der Waals surface area contributed by atoms with E-state index in [4.69, 9.17) is 0 Å². The van der Waals surface area contributed by atoms with Gasteiger partial charge in [-0.25, -0.2) is 13.1 Å². The van der Waals surface area contributed by atoms with Crippen LogP contribution in [-0.2, 0) is 9.84 Å². The Bertz CT molecular complexity index is 885. The molecule has 0 unspecified atom stereocenters. The highest BCUT2D eigenvalue weighted by Crippen LogP contribution is 2.21. The molecule has 1 atom stereocenters. The van der Waals surface area contributed by atoms with Gasteiger partial charge < -0.3 is 4.90 Å². The van der Waals surface area contributed by atoms with Gasteiger partial charge in [0.15, 0.2) is 9.84 Å². The average molecular weight is 359 g/mol. The van der Waals surface area contributed by atoms with Crippen LogP contribution in [0.4, 0.5) is 0 Å². The summed E-state index contributed by atoms with van der Waals surface area (Å²) in [4.78, 5) is 14.5. The third-order valence-corrected chi connectivity index (χ3v) is 6.18. The lowest BCUT2D eigenvalue weighted by Gasteiger charge is -2.27. The van der Waals surface area contributed by atoms with Crippen LogP contribution in [0.1, 0.15) is 22.5 Å². The molecule has 0 bridgehead atoms. The van der Waals surface area contributed by atoms with Crippen molar-refractivity contribution in [1.29, 1.82) is 0 Å². The van der Waals surface area contributed by atoms with E-state index in [0.717, 1.165) is 11.4 Å². The van der Waals surface area contributed by atoms with Gasteiger partial charge in [-0.2, -0.15) is 5.10 Å². The van der Waals surface area contributed by atoms with Crippen molar-refractivity contribution < 1.29 is 13.2 Å². The number of hydrogen-bond acceptors (Lipinski definition) is 4. The van der Waals surface area contributed by atoms with Crippen LogP contribution in [-0.4, -0.2) is 53.1 Å². The normalized spacial score (nSPS) is 18.8. The number of aryl methyl sites for hydroxylation is 1. The molecule has 1 amide bonds. The summed E-state index contributed by atoms with van der Waals surface area (Å²) in [6.45, 7) is 5.98. The molecule has 2 aromatic rings. The molecule has 3 rings (SSSR count). The molecule has 0 saturated carbocycles. The predicted octanol–water partition coefficient (Wildman–Crippen LogP) is 2.00. The highest BCUT2D eigenvalue weighted by Gasteiger charge is 2.34. The molecular weight excluding hydrogens is 338 g/mol. The number of benzene rings is 1. The second kappa shape index (κ2) is 6.84. The van der Waals surface area contributed by atoms with E-state index in [9.17, 15) is 13.2 Å². The van der Waals surface area contributed by atoms with E-state index in [-0.39, 0.29) is 23.5 Å². The topological polar surface area (TPSA) is 72.3 Å². The number of rotatable bonds is 5. The first-order chi connectivity index (χ1) is 11.9. The lowest BCUT2D eigenvalue weighted by Crippen LogP contribution is -2.41. The minimum atomic E-state index is -3.06. The quantitative estimate of drug-likeness (QED) is 0.766. The number of carbonyl (C=O) groups excluding carboxylic acids is 1. The molecule has 0 aliphatic carbocycles. The van der Waals surface area contributed by atoms with Crippen molar-refractivity contribution in [3.05, 3.63) is 60.4 Å². The van der Waals surface area contributed by atoms with Crippen LogP contribution in [0.25, 0.3) is 5.69 Å². The molecule has 2 heterocycles. The standard InChI is InChI=1S/C18H21N3O3S/c1-3-11-20(17-9-12-25(23,24)13-17)18(22)15-4-6-16(7-5-15)21-14(2)8-10-19-21/h3-8,10,17H,1,9,11-13H2,2H3/t17-/m0/s1. The Labute approximate surface area is 147 Å². The first kappa shape index (κ1) is 17.4. The van der Waals surface area contributed by atoms with Crippen LogP contribution >= 0.6 is 0 Å². The SMILES string of the molecule is C=CCN(C(=O)c1ccc(-n2nccc2C)cc1)[C@H]1CCS(=O)(=O)C1. The maximum atomic E-state index is 12.9. The number of carbonyl (C=O) groups is 1. The predicted molar refractivity (Wildman–Crippen MR) is 96.6 cm³/mol. The largest absolute Gasteiger partial charge is 0.331 e. The second-order valence-corrected chi connectivity index (χ2v) is 8.46. The zero-order valence-corrected chi connectivity index (χ0v) is 14.9. The molecular formula is C18H21N3O3S. The maximum absolute atomic E-state index is 12.9. The number of hydrogen-bond donors (Lipinski definition) is 0. The third-order valence-electron chi connectivity index (χ3n) is 4.43. The van der Waals surface area contributed by atoms with Crippen LogP contribution in [0.15, 0.2) is 49.2 Å². The van der Waals surface area contributed by atoms with Gasteiger partial charge in [-0.05, 0) is 43.7 Å². The minimum absolute atomic E-state index is 0.0249. The van der Waals surface area contributed by atoms with Crippen LogP contribution in [0.5, 0.6) is 0 Å². The van der Waals surface area contributed by atoms with Gasteiger partial charge in [0.2, 0.25) is 0 Å². The lowest BCUT2D eigenvalue weighted by molar-refractivity contribution is 0.0720. The Balaban J connectivity index is 1.83. The summed E-state index contributed by atoms with van der Waals surface area (Å²) in [5.74, 6) is -0.0153. The molecule has 1 saturated heterocycles. The smallest absolute Gasteiger partial charge is 0.254 e. The van der Waals surface area contributed by atoms with Gasteiger partial charge in [0, 0.05) is 30.0 Å². The second-order valence-electron chi connectivity index (χ2n) is 6.23. The summed E-state index contributed by atoms with van der Waals surface area (Å²) in [5, 5.41) is 4.25. The van der Waals surface area contributed by atoms with E-state index in [1.54, 1.807) is 34.0 Å². The summed E-state index contributed by atoms with van der Waals surface area (Å²) in [5.41, 5.74) is 2.40. The number of nitrogens with zero attached hydrogens (tertiary/aromatic N) is 3. The summed E-state index contributed by atoms with van der Waals surface area (Å²) in [6, 6.07) is 8.79. The van der Waals surface area contributed by atoms with Crippen LogP contribution < -0.4 is 0 Å². The minimum Gasteiger partial charge on any atom is -0.331 e. The fraction of sp³-hybridized carbons (Fsp3) is 0.333. The van der Waals surface area contributed by atoms with Crippen molar-refractivity contribution in [3.8, 4) is 5.69 Å². The lowest BCUT2D eigenvalue weighted by atomic mass is 10.1. The van der Waals surface area contributed by atoms with E-state index >= 15 is 0 Å². The van der Waals surface area contributed by atoms with Gasteiger partial charge >= 0.3 is 0 Å². The van der Waals surface area contributed by atoms with Gasteiger partial charge in [-0.3, -0.25) is 4.79 Å². The number of sulfone groups is 1. The van der Waals surface area contributed by atoms with Crippen LogP contribution in [0, 0.1) is 6.92 Å². The van der Waals surface area contributed by atoms with Crippen LogP contribution in [0.3, 0.4) is 0 Å². The van der Waals surface area contributed by atoms with Gasteiger partial charge in [0.05, 0.1) is 17.2 Å². The van der Waals surface area contributed by atoms with E-state index in [2.05, 4.69) is 11.7 Å². The highest BCUT2D eigenvalue weighted by molar-refractivity contribution is 7.91. The van der Waals surface area contributed by atoms with E-state index in [0.29, 0.717) is 18.5 Å². The molecule has 0 N–H and O–H groups in total.